The van der Waals surface area contributed by atoms with Gasteiger partial charge in [-0.05, 0) is 106 Å². The van der Waals surface area contributed by atoms with E-state index in [2.05, 4.69) is 20.3 Å². The number of rotatable bonds is 10. The minimum absolute atomic E-state index is 0.0721. The zero-order valence-electron chi connectivity index (χ0n) is 25.4. The van der Waals surface area contributed by atoms with E-state index in [9.17, 15) is 29.4 Å². The molecular formula is C33H38N4O6. The lowest BCUT2D eigenvalue weighted by Gasteiger charge is -2.03. The summed E-state index contributed by atoms with van der Waals surface area (Å²) in [4.78, 5) is 58.8. The molecule has 2 aliphatic rings. The van der Waals surface area contributed by atoms with E-state index in [-0.39, 0.29) is 43.4 Å². The van der Waals surface area contributed by atoms with Gasteiger partial charge in [-0.15, -0.1) is 0 Å². The van der Waals surface area contributed by atoms with Crippen LogP contribution in [0, 0.1) is 19.8 Å². The molecule has 0 aromatic carbocycles. The second-order valence-corrected chi connectivity index (χ2v) is 11.0. The third-order valence-corrected chi connectivity index (χ3v) is 8.35. The molecule has 10 nitrogen and oxygen atoms in total. The molecule has 2 aromatic heterocycles. The molecule has 0 radical (unpaired) electrons. The first kappa shape index (κ1) is 31.2. The second kappa shape index (κ2) is 12.6. The van der Waals surface area contributed by atoms with Crippen LogP contribution in [0.15, 0.2) is 33.5 Å². The molecule has 226 valence electrons. The van der Waals surface area contributed by atoms with Gasteiger partial charge in [-0.2, -0.15) is 0 Å². The number of nitrogens with one attached hydrogen (secondary N) is 3. The lowest BCUT2D eigenvalue weighted by Crippen LogP contribution is -2.16. The Morgan fingerprint density at radius 1 is 0.884 bits per heavy atom. The second-order valence-electron chi connectivity index (χ2n) is 11.0. The number of aromatic amines is 2. The van der Waals surface area contributed by atoms with E-state index >= 15 is 0 Å². The van der Waals surface area contributed by atoms with Crippen molar-refractivity contribution in [2.45, 2.75) is 73.6 Å². The first-order valence-electron chi connectivity index (χ1n) is 14.4. The van der Waals surface area contributed by atoms with Crippen molar-refractivity contribution in [3.05, 3.63) is 72.8 Å². The predicted molar refractivity (Wildman–Crippen MR) is 165 cm³/mol. The number of nitrogens with zero attached hydrogens (tertiary/aromatic N) is 1. The third kappa shape index (κ3) is 6.38. The van der Waals surface area contributed by atoms with Crippen molar-refractivity contribution < 1.29 is 29.4 Å². The number of carboxylic acids is 2. The SMILES string of the molecule is C/C=C1/C(=C\c2[nH]c(C=c3[nH]/c(=C\C4=NC(=O)C(CC)=C4C)c(C)c3CCC(=O)O)c(CCC(=O)O)c2C)NC(=O)C1C. The van der Waals surface area contributed by atoms with Crippen LogP contribution in [0.2, 0.25) is 0 Å². The van der Waals surface area contributed by atoms with E-state index in [0.29, 0.717) is 39.8 Å². The van der Waals surface area contributed by atoms with Crippen LogP contribution in [-0.4, -0.2) is 49.6 Å². The van der Waals surface area contributed by atoms with Crippen molar-refractivity contribution in [1.82, 2.24) is 15.3 Å². The van der Waals surface area contributed by atoms with Gasteiger partial charge in [-0.1, -0.05) is 13.0 Å². The van der Waals surface area contributed by atoms with Gasteiger partial charge in [0.15, 0.2) is 0 Å². The number of carbonyl (C=O) groups excluding carboxylic acids is 2. The summed E-state index contributed by atoms with van der Waals surface area (Å²) in [6, 6.07) is 0. The first-order valence-corrected chi connectivity index (χ1v) is 14.4. The van der Waals surface area contributed by atoms with E-state index in [1.165, 1.54) is 0 Å². The maximum absolute atomic E-state index is 12.3. The van der Waals surface area contributed by atoms with Crippen LogP contribution in [0.1, 0.15) is 80.6 Å². The predicted octanol–water partition coefficient (Wildman–Crippen LogP) is 3.36. The van der Waals surface area contributed by atoms with Gasteiger partial charge in [0.05, 0.1) is 11.6 Å². The fourth-order valence-electron chi connectivity index (χ4n) is 5.77. The molecule has 1 unspecified atom stereocenters. The molecule has 1 atom stereocenters. The number of hydrogen-bond acceptors (Lipinski definition) is 4. The third-order valence-electron chi connectivity index (χ3n) is 8.35. The monoisotopic (exact) mass is 586 g/mol. The molecule has 2 aliphatic heterocycles. The summed E-state index contributed by atoms with van der Waals surface area (Å²) in [5, 5.41) is 23.2. The van der Waals surface area contributed by atoms with Crippen LogP contribution in [0.3, 0.4) is 0 Å². The van der Waals surface area contributed by atoms with Crippen molar-refractivity contribution in [2.75, 3.05) is 0 Å². The summed E-state index contributed by atoms with van der Waals surface area (Å²) in [6.07, 6.45) is 8.45. The van der Waals surface area contributed by atoms with Gasteiger partial charge in [-0.25, -0.2) is 4.99 Å². The van der Waals surface area contributed by atoms with Crippen molar-refractivity contribution >= 4 is 47.7 Å². The maximum atomic E-state index is 12.3. The number of H-pyrrole nitrogens is 2. The van der Waals surface area contributed by atoms with Crippen molar-refractivity contribution in [2.24, 2.45) is 10.9 Å². The van der Waals surface area contributed by atoms with Gasteiger partial charge in [-0.3, -0.25) is 19.2 Å². The summed E-state index contributed by atoms with van der Waals surface area (Å²) < 4.78 is 0. The van der Waals surface area contributed by atoms with E-state index < -0.39 is 11.9 Å². The fourth-order valence-corrected chi connectivity index (χ4v) is 5.77. The van der Waals surface area contributed by atoms with Crippen molar-refractivity contribution in [3.8, 4) is 0 Å². The molecule has 1 saturated heterocycles. The average Bonchev–Trinajstić information content (AvgIpc) is 3.59. The molecule has 2 amide bonds. The number of aromatic nitrogens is 2. The Bertz CT molecular complexity index is 1780. The van der Waals surface area contributed by atoms with Crippen molar-refractivity contribution in [3.63, 3.8) is 0 Å². The normalized spacial score (nSPS) is 19.8. The van der Waals surface area contributed by atoms with E-state index in [1.807, 2.05) is 65.8 Å². The number of amides is 2. The smallest absolute Gasteiger partial charge is 0.303 e. The Morgan fingerprint density at radius 3 is 2.12 bits per heavy atom. The highest BCUT2D eigenvalue weighted by molar-refractivity contribution is 6.30. The summed E-state index contributed by atoms with van der Waals surface area (Å²) in [7, 11) is 0. The van der Waals surface area contributed by atoms with Crippen LogP contribution >= 0.6 is 0 Å². The fraction of sp³-hybridized carbons (Fsp3) is 0.364. The van der Waals surface area contributed by atoms with E-state index in [1.54, 1.807) is 0 Å². The highest BCUT2D eigenvalue weighted by Crippen LogP contribution is 2.29. The van der Waals surface area contributed by atoms with Crippen LogP contribution in [0.25, 0.3) is 18.2 Å². The maximum Gasteiger partial charge on any atom is 0.303 e. The minimum atomic E-state index is -0.923. The Morgan fingerprint density at radius 2 is 1.53 bits per heavy atom. The van der Waals surface area contributed by atoms with Gasteiger partial charge in [0, 0.05) is 46.2 Å². The number of carboxylic acid groups (broad SMARTS) is 2. The highest BCUT2D eigenvalue weighted by Gasteiger charge is 2.29. The van der Waals surface area contributed by atoms with E-state index in [0.717, 1.165) is 39.1 Å². The Labute approximate surface area is 249 Å². The van der Waals surface area contributed by atoms with Crippen LogP contribution in [-0.2, 0) is 32.0 Å². The summed E-state index contributed by atoms with van der Waals surface area (Å²) in [5.41, 5.74) is 8.40. The van der Waals surface area contributed by atoms with Crippen LogP contribution < -0.4 is 16.0 Å². The topological polar surface area (TPSA) is 165 Å². The number of allylic oxidation sites excluding steroid dienone is 3. The Kier molecular flexibility index (Phi) is 9.18. The summed E-state index contributed by atoms with van der Waals surface area (Å²) in [6.45, 7) is 11.3. The molecular weight excluding hydrogens is 548 g/mol. The van der Waals surface area contributed by atoms with E-state index in [4.69, 9.17) is 0 Å². The zero-order valence-corrected chi connectivity index (χ0v) is 25.4. The Balaban J connectivity index is 1.91. The van der Waals surface area contributed by atoms with Gasteiger partial charge in [0.2, 0.25) is 5.91 Å². The quantitative estimate of drug-likeness (QED) is 0.286. The Hall–Kier alpha value is -4.73. The molecule has 1 fully saturated rings. The van der Waals surface area contributed by atoms with Gasteiger partial charge < -0.3 is 25.5 Å². The number of carbonyl (C=O) groups is 4. The molecule has 0 saturated carbocycles. The van der Waals surface area contributed by atoms with Crippen LogP contribution in [0.5, 0.6) is 0 Å². The summed E-state index contributed by atoms with van der Waals surface area (Å²) >= 11 is 0. The molecule has 0 bridgehead atoms. The van der Waals surface area contributed by atoms with Gasteiger partial charge in [0.25, 0.3) is 5.91 Å². The number of aliphatic carboxylic acids is 2. The lowest BCUT2D eigenvalue weighted by molar-refractivity contribution is -0.138. The molecule has 0 spiro atoms. The standard InChI is InChI=1S/C33H38N4O6/c1-7-20-19(6)32(42)37-27(20)14-25-18(5)23(10-12-31(40)41)29(35-25)15-28-22(9-11-30(38)39)17(4)24(34-28)13-26-16(3)21(8-2)33(43)36-26/h7,13-15,19,34-35H,8-12H2,1-6H3,(H,37,42)(H,38,39)(H,40,41)/b20-7+,24-13-,27-14+,28-15?. The van der Waals surface area contributed by atoms with Gasteiger partial charge >= 0.3 is 11.9 Å². The van der Waals surface area contributed by atoms with Gasteiger partial charge in [0.1, 0.15) is 0 Å². The molecule has 5 N–H and O–H groups in total. The molecule has 10 heteroatoms. The molecule has 4 rings (SSSR count). The number of hydrogen-bond donors (Lipinski definition) is 5. The number of aliphatic imine (C=N–C) groups is 1. The lowest BCUT2D eigenvalue weighted by atomic mass is 10.00. The molecule has 2 aromatic rings. The zero-order chi connectivity index (χ0) is 31.6. The molecule has 4 heterocycles. The minimum Gasteiger partial charge on any atom is -0.481 e. The highest BCUT2D eigenvalue weighted by atomic mass is 16.4. The summed E-state index contributed by atoms with van der Waals surface area (Å²) in [5.74, 6) is -2.44. The molecule has 0 aliphatic carbocycles. The molecule has 43 heavy (non-hydrogen) atoms. The average molecular weight is 587 g/mol. The van der Waals surface area contributed by atoms with Crippen molar-refractivity contribution in [1.29, 1.82) is 0 Å². The van der Waals surface area contributed by atoms with Crippen LogP contribution in [0.4, 0.5) is 0 Å². The first-order chi connectivity index (χ1) is 20.4. The largest absolute Gasteiger partial charge is 0.481 e.